The van der Waals surface area contributed by atoms with Crippen molar-refractivity contribution in [1.82, 2.24) is 15.0 Å². The number of fused-ring (bicyclic) bond motifs is 1. The van der Waals surface area contributed by atoms with Crippen molar-refractivity contribution in [2.24, 2.45) is 0 Å². The Morgan fingerprint density at radius 2 is 2.30 bits per heavy atom. The van der Waals surface area contributed by atoms with E-state index in [-0.39, 0.29) is 0 Å². The third-order valence-corrected chi connectivity index (χ3v) is 3.50. The molecule has 1 atom stereocenters. The van der Waals surface area contributed by atoms with Gasteiger partial charge in [0.25, 0.3) is 0 Å². The van der Waals surface area contributed by atoms with Gasteiger partial charge >= 0.3 is 5.97 Å². The Hall–Kier alpha value is -2.21. The van der Waals surface area contributed by atoms with Gasteiger partial charge in [-0.15, -0.1) is 0 Å². The Balaban J connectivity index is 1.84. The summed E-state index contributed by atoms with van der Waals surface area (Å²) in [6, 6.07) is 7.68. The van der Waals surface area contributed by atoms with Crippen LogP contribution in [-0.4, -0.2) is 32.7 Å². The minimum Gasteiger partial charge on any atom is -0.481 e. The number of carboxylic acids is 1. The van der Waals surface area contributed by atoms with Crippen LogP contribution >= 0.6 is 0 Å². The third kappa shape index (κ3) is 2.42. The molecule has 1 unspecified atom stereocenters. The number of aliphatic carboxylic acids is 1. The fourth-order valence-corrected chi connectivity index (χ4v) is 2.62. The lowest BCUT2D eigenvalue weighted by molar-refractivity contribution is -0.139. The Morgan fingerprint density at radius 3 is 3.00 bits per heavy atom. The maximum Gasteiger partial charge on any atom is 0.312 e. The van der Waals surface area contributed by atoms with Crippen LogP contribution in [0.1, 0.15) is 28.8 Å². The van der Waals surface area contributed by atoms with Crippen LogP contribution in [0.15, 0.2) is 28.8 Å². The fourth-order valence-electron chi connectivity index (χ4n) is 2.62. The Labute approximate surface area is 116 Å². The maximum atomic E-state index is 11.4. The van der Waals surface area contributed by atoms with Crippen LogP contribution in [0.3, 0.4) is 0 Å². The van der Waals surface area contributed by atoms with Crippen molar-refractivity contribution in [2.75, 3.05) is 6.54 Å². The molecule has 0 fully saturated rings. The lowest BCUT2D eigenvalue weighted by atomic mass is 9.90. The first-order chi connectivity index (χ1) is 9.63. The number of aryl methyl sites for hydroxylation is 1. The fraction of sp³-hybridized carbons (Fsp3) is 0.357. The van der Waals surface area contributed by atoms with Gasteiger partial charge in [-0.3, -0.25) is 9.69 Å². The van der Waals surface area contributed by atoms with Gasteiger partial charge in [0.2, 0.25) is 5.89 Å². The largest absolute Gasteiger partial charge is 0.481 e. The predicted octanol–water partition coefficient (Wildman–Crippen LogP) is 1.56. The van der Waals surface area contributed by atoms with Crippen LogP contribution in [0.25, 0.3) is 0 Å². The molecule has 0 amide bonds. The van der Waals surface area contributed by atoms with E-state index in [1.165, 1.54) is 0 Å². The van der Waals surface area contributed by atoms with E-state index in [1.54, 1.807) is 6.92 Å². The SMILES string of the molecule is Cc1nc(CN2Cc3ccccc3C(C(=O)O)C2)no1. The molecule has 0 bridgehead atoms. The van der Waals surface area contributed by atoms with Gasteiger partial charge in [-0.1, -0.05) is 29.4 Å². The molecular weight excluding hydrogens is 258 g/mol. The summed E-state index contributed by atoms with van der Waals surface area (Å²) in [6.07, 6.45) is 0. The Kier molecular flexibility index (Phi) is 3.23. The molecule has 0 radical (unpaired) electrons. The molecule has 3 rings (SSSR count). The topological polar surface area (TPSA) is 79.5 Å². The van der Waals surface area contributed by atoms with Crippen LogP contribution in [-0.2, 0) is 17.9 Å². The molecule has 1 aliphatic rings. The van der Waals surface area contributed by atoms with Crippen molar-refractivity contribution in [3.63, 3.8) is 0 Å². The first kappa shape index (κ1) is 12.8. The van der Waals surface area contributed by atoms with E-state index in [0.29, 0.717) is 31.3 Å². The lowest BCUT2D eigenvalue weighted by Crippen LogP contribution is -2.36. The van der Waals surface area contributed by atoms with Gasteiger partial charge in [0.15, 0.2) is 5.82 Å². The average Bonchev–Trinajstić information content (AvgIpc) is 2.83. The second-order valence-electron chi connectivity index (χ2n) is 4.99. The minimum atomic E-state index is -0.800. The summed E-state index contributed by atoms with van der Waals surface area (Å²) in [4.78, 5) is 17.6. The Bertz CT molecular complexity index is 638. The van der Waals surface area contributed by atoms with Crippen LogP contribution in [0.5, 0.6) is 0 Å². The monoisotopic (exact) mass is 273 g/mol. The molecule has 0 saturated heterocycles. The van der Waals surface area contributed by atoms with E-state index in [0.717, 1.165) is 11.1 Å². The summed E-state index contributed by atoms with van der Waals surface area (Å²) in [7, 11) is 0. The number of nitrogens with zero attached hydrogens (tertiary/aromatic N) is 3. The highest BCUT2D eigenvalue weighted by molar-refractivity contribution is 5.77. The highest BCUT2D eigenvalue weighted by atomic mass is 16.5. The normalized spacial score (nSPS) is 18.8. The molecule has 2 aromatic rings. The molecule has 0 spiro atoms. The number of hydrogen-bond donors (Lipinski definition) is 1. The number of hydrogen-bond acceptors (Lipinski definition) is 5. The number of carboxylic acid groups (broad SMARTS) is 1. The van der Waals surface area contributed by atoms with E-state index in [2.05, 4.69) is 10.1 Å². The second-order valence-corrected chi connectivity index (χ2v) is 4.99. The van der Waals surface area contributed by atoms with E-state index in [4.69, 9.17) is 4.52 Å². The molecule has 1 aromatic heterocycles. The van der Waals surface area contributed by atoms with Gasteiger partial charge in [0, 0.05) is 20.0 Å². The molecule has 104 valence electrons. The zero-order valence-electron chi connectivity index (χ0n) is 11.1. The lowest BCUT2D eigenvalue weighted by Gasteiger charge is -2.31. The van der Waals surface area contributed by atoms with Crippen molar-refractivity contribution >= 4 is 5.97 Å². The summed E-state index contributed by atoms with van der Waals surface area (Å²) < 4.78 is 4.95. The van der Waals surface area contributed by atoms with Gasteiger partial charge in [-0.2, -0.15) is 4.98 Å². The predicted molar refractivity (Wildman–Crippen MR) is 70.0 cm³/mol. The van der Waals surface area contributed by atoms with Crippen molar-refractivity contribution in [3.8, 4) is 0 Å². The molecule has 1 aliphatic heterocycles. The quantitative estimate of drug-likeness (QED) is 0.914. The number of carbonyl (C=O) groups is 1. The molecule has 2 heterocycles. The van der Waals surface area contributed by atoms with E-state index in [1.807, 2.05) is 29.2 Å². The van der Waals surface area contributed by atoms with Gasteiger partial charge < -0.3 is 9.63 Å². The zero-order chi connectivity index (χ0) is 14.1. The highest BCUT2D eigenvalue weighted by Crippen LogP contribution is 2.29. The van der Waals surface area contributed by atoms with Crippen molar-refractivity contribution < 1.29 is 14.4 Å². The smallest absolute Gasteiger partial charge is 0.312 e. The molecule has 20 heavy (non-hydrogen) atoms. The average molecular weight is 273 g/mol. The molecule has 0 aliphatic carbocycles. The van der Waals surface area contributed by atoms with E-state index < -0.39 is 11.9 Å². The third-order valence-electron chi connectivity index (χ3n) is 3.50. The number of aromatic nitrogens is 2. The van der Waals surface area contributed by atoms with Gasteiger partial charge in [-0.25, -0.2) is 0 Å². The van der Waals surface area contributed by atoms with E-state index in [9.17, 15) is 9.90 Å². The molecule has 6 heteroatoms. The summed E-state index contributed by atoms with van der Waals surface area (Å²) in [6.45, 7) is 3.39. The first-order valence-electron chi connectivity index (χ1n) is 6.45. The summed E-state index contributed by atoms with van der Waals surface area (Å²) in [5, 5.41) is 13.3. The standard InChI is InChI=1S/C14H15N3O3/c1-9-15-13(16-20-9)8-17-6-10-4-2-3-5-11(10)12(7-17)14(18)19/h2-5,12H,6-8H2,1H3,(H,18,19). The highest BCUT2D eigenvalue weighted by Gasteiger charge is 2.30. The number of benzene rings is 1. The van der Waals surface area contributed by atoms with Crippen molar-refractivity contribution in [2.45, 2.75) is 25.9 Å². The van der Waals surface area contributed by atoms with Crippen molar-refractivity contribution in [3.05, 3.63) is 47.1 Å². The molecule has 6 nitrogen and oxygen atoms in total. The zero-order valence-corrected chi connectivity index (χ0v) is 11.1. The molecule has 1 N–H and O–H groups in total. The summed E-state index contributed by atoms with van der Waals surface area (Å²) in [5.41, 5.74) is 1.95. The Morgan fingerprint density at radius 1 is 1.50 bits per heavy atom. The van der Waals surface area contributed by atoms with E-state index >= 15 is 0 Å². The minimum absolute atomic E-state index is 0.458. The molecule has 1 aromatic carbocycles. The maximum absolute atomic E-state index is 11.4. The van der Waals surface area contributed by atoms with Gasteiger partial charge in [0.1, 0.15) is 0 Å². The molecule has 0 saturated carbocycles. The van der Waals surface area contributed by atoms with Crippen LogP contribution in [0.4, 0.5) is 0 Å². The number of rotatable bonds is 3. The van der Waals surface area contributed by atoms with Crippen LogP contribution in [0, 0.1) is 6.92 Å². The van der Waals surface area contributed by atoms with Gasteiger partial charge in [-0.05, 0) is 11.1 Å². The van der Waals surface area contributed by atoms with Crippen molar-refractivity contribution in [1.29, 1.82) is 0 Å². The van der Waals surface area contributed by atoms with Crippen LogP contribution < -0.4 is 0 Å². The van der Waals surface area contributed by atoms with Crippen LogP contribution in [0.2, 0.25) is 0 Å². The summed E-state index contributed by atoms with van der Waals surface area (Å²) in [5.74, 6) is -0.197. The first-order valence-corrected chi connectivity index (χ1v) is 6.45. The second kappa shape index (κ2) is 5.05. The summed E-state index contributed by atoms with van der Waals surface area (Å²) >= 11 is 0. The molecular formula is C14H15N3O3. The van der Waals surface area contributed by atoms with Gasteiger partial charge in [0.05, 0.1) is 12.5 Å².